The third kappa shape index (κ3) is 4.78. The second-order valence-corrected chi connectivity index (χ2v) is 7.15. The molecule has 0 atom stereocenters. The van der Waals surface area contributed by atoms with Crippen molar-refractivity contribution in [1.29, 1.82) is 0 Å². The first-order chi connectivity index (χ1) is 12.7. The number of aryl methyl sites for hydroxylation is 1. The van der Waals surface area contributed by atoms with Crippen molar-refractivity contribution >= 4 is 23.4 Å². The summed E-state index contributed by atoms with van der Waals surface area (Å²) in [5.74, 6) is 3.39. The molecule has 0 radical (unpaired) electrons. The Morgan fingerprint density at radius 2 is 2.19 bits per heavy atom. The van der Waals surface area contributed by atoms with E-state index in [1.54, 1.807) is 23.6 Å². The van der Waals surface area contributed by atoms with Crippen LogP contribution in [-0.2, 0) is 13.6 Å². The van der Waals surface area contributed by atoms with Crippen molar-refractivity contribution in [3.8, 4) is 17.1 Å². The van der Waals surface area contributed by atoms with Crippen LogP contribution in [0.25, 0.3) is 11.3 Å². The Morgan fingerprint density at radius 3 is 2.92 bits per heavy atom. The molecule has 0 unspecified atom stereocenters. The van der Waals surface area contributed by atoms with Gasteiger partial charge < -0.3 is 14.5 Å². The van der Waals surface area contributed by atoms with E-state index in [1.165, 1.54) is 0 Å². The van der Waals surface area contributed by atoms with Crippen LogP contribution in [0.1, 0.15) is 12.2 Å². The minimum atomic E-state index is 0.574. The molecule has 0 bridgehead atoms. The van der Waals surface area contributed by atoms with Crippen LogP contribution in [0.5, 0.6) is 5.75 Å². The average molecular weight is 395 g/mol. The number of nitrogens with zero attached hydrogens (tertiary/aromatic N) is 4. The quantitative estimate of drug-likeness (QED) is 0.443. The van der Waals surface area contributed by atoms with E-state index in [0.29, 0.717) is 10.8 Å². The summed E-state index contributed by atoms with van der Waals surface area (Å²) in [6.45, 7) is 1.82. The molecular formula is C17H21ClN5O2S+. The van der Waals surface area contributed by atoms with E-state index in [2.05, 4.69) is 20.8 Å². The van der Waals surface area contributed by atoms with E-state index in [9.17, 15) is 0 Å². The number of aromatic nitrogens is 4. The summed E-state index contributed by atoms with van der Waals surface area (Å²) in [6.07, 6.45) is 1.07. The van der Waals surface area contributed by atoms with Gasteiger partial charge in [-0.3, -0.25) is 0 Å². The van der Waals surface area contributed by atoms with Crippen molar-refractivity contribution in [2.24, 2.45) is 7.05 Å². The number of hydrogen-bond donors (Lipinski definition) is 1. The van der Waals surface area contributed by atoms with Gasteiger partial charge in [-0.05, 0) is 40.8 Å². The fourth-order valence-corrected chi connectivity index (χ4v) is 3.51. The summed E-state index contributed by atoms with van der Waals surface area (Å²) in [4.78, 5) is 0. The number of quaternary nitrogens is 1. The SMILES string of the molecule is COc1ccc(-c2ccc(C[NH2+]CCCSc3nnnn3C)o2)cc1Cl. The molecule has 9 heteroatoms. The van der Waals surface area contributed by atoms with Crippen LogP contribution in [0.4, 0.5) is 0 Å². The predicted octanol–water partition coefficient (Wildman–Crippen LogP) is 2.38. The van der Waals surface area contributed by atoms with Gasteiger partial charge in [0, 0.05) is 24.8 Å². The van der Waals surface area contributed by atoms with Crippen LogP contribution in [0.2, 0.25) is 5.02 Å². The van der Waals surface area contributed by atoms with Crippen molar-refractivity contribution in [2.75, 3.05) is 19.4 Å². The smallest absolute Gasteiger partial charge is 0.209 e. The molecule has 2 aromatic heterocycles. The first-order valence-electron chi connectivity index (χ1n) is 8.27. The first-order valence-corrected chi connectivity index (χ1v) is 9.63. The Morgan fingerprint density at radius 1 is 1.31 bits per heavy atom. The maximum Gasteiger partial charge on any atom is 0.209 e. The van der Waals surface area contributed by atoms with Crippen molar-refractivity contribution in [2.45, 2.75) is 18.1 Å². The second kappa shape index (κ2) is 9.07. The van der Waals surface area contributed by atoms with Crippen LogP contribution in [-0.4, -0.2) is 39.6 Å². The topological polar surface area (TPSA) is 82.6 Å². The molecule has 0 aliphatic rings. The van der Waals surface area contributed by atoms with Gasteiger partial charge in [-0.1, -0.05) is 23.4 Å². The van der Waals surface area contributed by atoms with Gasteiger partial charge >= 0.3 is 0 Å². The Kier molecular flexibility index (Phi) is 6.54. The number of methoxy groups -OCH3 is 1. The summed E-state index contributed by atoms with van der Waals surface area (Å²) >= 11 is 7.84. The van der Waals surface area contributed by atoms with E-state index >= 15 is 0 Å². The number of rotatable bonds is 9. The summed E-state index contributed by atoms with van der Waals surface area (Å²) in [6, 6.07) is 9.61. The number of furan rings is 1. The number of benzene rings is 1. The number of nitrogens with two attached hydrogens (primary N) is 1. The van der Waals surface area contributed by atoms with Crippen molar-refractivity contribution < 1.29 is 14.5 Å². The summed E-state index contributed by atoms with van der Waals surface area (Å²) in [7, 11) is 3.45. The molecule has 3 rings (SSSR count). The normalized spacial score (nSPS) is 11.0. The molecule has 0 aliphatic heterocycles. The van der Waals surface area contributed by atoms with Gasteiger partial charge in [-0.25, -0.2) is 4.68 Å². The standard InChI is InChI=1S/C17H20ClN5O2S/c1-23-17(20-21-22-23)26-9-3-8-19-11-13-5-7-15(25-13)12-4-6-16(24-2)14(18)10-12/h4-7,10,19H,3,8-9,11H2,1-2H3/p+1. The van der Waals surface area contributed by atoms with Gasteiger partial charge in [0.05, 0.1) is 18.7 Å². The van der Waals surface area contributed by atoms with Gasteiger partial charge in [0.1, 0.15) is 18.1 Å². The van der Waals surface area contributed by atoms with Crippen LogP contribution < -0.4 is 10.1 Å². The van der Waals surface area contributed by atoms with Gasteiger partial charge in [0.15, 0.2) is 5.76 Å². The minimum Gasteiger partial charge on any atom is -0.495 e. The minimum absolute atomic E-state index is 0.574. The highest BCUT2D eigenvalue weighted by Crippen LogP contribution is 2.30. The average Bonchev–Trinajstić information content (AvgIpc) is 3.27. The van der Waals surface area contributed by atoms with E-state index < -0.39 is 0 Å². The Labute approximate surface area is 161 Å². The van der Waals surface area contributed by atoms with Gasteiger partial charge in [-0.15, -0.1) is 5.10 Å². The van der Waals surface area contributed by atoms with Crippen LogP contribution >= 0.6 is 23.4 Å². The summed E-state index contributed by atoms with van der Waals surface area (Å²) in [5, 5.41) is 15.0. The molecule has 2 N–H and O–H groups in total. The highest BCUT2D eigenvalue weighted by molar-refractivity contribution is 7.99. The third-order valence-electron chi connectivity index (χ3n) is 3.81. The number of thioether (sulfide) groups is 1. The molecule has 0 fully saturated rings. The molecule has 138 valence electrons. The van der Waals surface area contributed by atoms with Crippen molar-refractivity contribution in [1.82, 2.24) is 20.2 Å². The molecule has 0 saturated heterocycles. The van der Waals surface area contributed by atoms with E-state index in [1.807, 2.05) is 37.4 Å². The third-order valence-corrected chi connectivity index (χ3v) is 5.20. The van der Waals surface area contributed by atoms with Crippen molar-refractivity contribution in [3.05, 3.63) is 41.1 Å². The highest BCUT2D eigenvalue weighted by atomic mass is 35.5. The van der Waals surface area contributed by atoms with Crippen LogP contribution in [0.15, 0.2) is 39.9 Å². The first kappa shape index (κ1) is 18.8. The molecule has 2 heterocycles. The Hall–Kier alpha value is -2.03. The maximum atomic E-state index is 6.18. The largest absolute Gasteiger partial charge is 0.495 e. The number of ether oxygens (including phenoxy) is 1. The lowest BCUT2D eigenvalue weighted by Gasteiger charge is -2.04. The summed E-state index contributed by atoms with van der Waals surface area (Å²) < 4.78 is 12.8. The molecule has 0 aliphatic carbocycles. The molecule has 3 aromatic rings. The molecule has 1 aromatic carbocycles. The van der Waals surface area contributed by atoms with Gasteiger partial charge in [0.25, 0.3) is 0 Å². The molecule has 0 amide bonds. The van der Waals surface area contributed by atoms with Gasteiger partial charge in [-0.2, -0.15) is 0 Å². The highest BCUT2D eigenvalue weighted by Gasteiger charge is 2.09. The predicted molar refractivity (Wildman–Crippen MR) is 100 cm³/mol. The molecule has 0 saturated carbocycles. The van der Waals surface area contributed by atoms with Crippen molar-refractivity contribution in [3.63, 3.8) is 0 Å². The lowest BCUT2D eigenvalue weighted by molar-refractivity contribution is -0.672. The van der Waals surface area contributed by atoms with E-state index in [0.717, 1.165) is 47.5 Å². The Balaban J connectivity index is 1.42. The zero-order valence-electron chi connectivity index (χ0n) is 14.7. The maximum absolute atomic E-state index is 6.18. The number of tetrazole rings is 1. The molecule has 26 heavy (non-hydrogen) atoms. The van der Waals surface area contributed by atoms with E-state index in [-0.39, 0.29) is 0 Å². The monoisotopic (exact) mass is 394 g/mol. The van der Waals surface area contributed by atoms with Crippen LogP contribution in [0.3, 0.4) is 0 Å². The molecular weight excluding hydrogens is 374 g/mol. The number of halogens is 1. The Bertz CT molecular complexity index is 851. The lowest BCUT2D eigenvalue weighted by Crippen LogP contribution is -2.82. The zero-order valence-corrected chi connectivity index (χ0v) is 16.3. The summed E-state index contributed by atoms with van der Waals surface area (Å²) in [5.41, 5.74) is 0.940. The second-order valence-electron chi connectivity index (χ2n) is 5.68. The fraction of sp³-hybridized carbons (Fsp3) is 0.353. The molecule has 7 nitrogen and oxygen atoms in total. The fourth-order valence-electron chi connectivity index (χ4n) is 2.44. The zero-order chi connectivity index (χ0) is 18.4. The number of hydrogen-bond acceptors (Lipinski definition) is 6. The van der Waals surface area contributed by atoms with Crippen LogP contribution in [0, 0.1) is 0 Å². The molecule has 0 spiro atoms. The lowest BCUT2D eigenvalue weighted by atomic mass is 10.2. The van der Waals surface area contributed by atoms with E-state index in [4.69, 9.17) is 20.8 Å². The van der Waals surface area contributed by atoms with Gasteiger partial charge in [0.2, 0.25) is 5.16 Å².